The maximum atomic E-state index is 12.5. The number of hydrogen-bond acceptors (Lipinski definition) is 3. The second-order valence-electron chi connectivity index (χ2n) is 8.19. The van der Waals surface area contributed by atoms with Crippen molar-refractivity contribution in [3.05, 3.63) is 36.2 Å². The van der Waals surface area contributed by atoms with E-state index in [2.05, 4.69) is 20.1 Å². The lowest BCUT2D eigenvalue weighted by molar-refractivity contribution is -0.132. The minimum Gasteiger partial charge on any atom is -0.343 e. The number of benzene rings is 1. The highest BCUT2D eigenvalue weighted by Crippen LogP contribution is 2.29. The van der Waals surface area contributed by atoms with Gasteiger partial charge in [-0.3, -0.25) is 9.89 Å². The summed E-state index contributed by atoms with van der Waals surface area (Å²) in [5.74, 6) is 3.48. The molecule has 1 aliphatic carbocycles. The fourth-order valence-corrected chi connectivity index (χ4v) is 4.55. The van der Waals surface area contributed by atoms with Crippen LogP contribution in [0.4, 0.5) is 0 Å². The zero-order valence-electron chi connectivity index (χ0n) is 16.1. The van der Waals surface area contributed by atoms with Crippen molar-refractivity contribution < 1.29 is 4.79 Å². The van der Waals surface area contributed by atoms with E-state index in [4.69, 9.17) is 0 Å². The third-order valence-electron chi connectivity index (χ3n) is 6.25. The summed E-state index contributed by atoms with van der Waals surface area (Å²) >= 11 is 0. The molecule has 0 bridgehead atoms. The molecule has 1 aromatic carbocycles. The van der Waals surface area contributed by atoms with Gasteiger partial charge in [0.2, 0.25) is 5.91 Å². The zero-order valence-corrected chi connectivity index (χ0v) is 16.1. The van der Waals surface area contributed by atoms with Gasteiger partial charge in [-0.25, -0.2) is 4.98 Å². The van der Waals surface area contributed by atoms with Gasteiger partial charge in [0, 0.05) is 31.5 Å². The molecule has 1 aliphatic heterocycles. The third kappa shape index (κ3) is 4.76. The molecular formula is C22H30N4O. The molecule has 1 saturated heterocycles. The Hall–Kier alpha value is -2.17. The number of carbonyl (C=O) groups excluding carboxylic acids is 1. The normalized spacial score (nSPS) is 18.9. The largest absolute Gasteiger partial charge is 0.343 e. The summed E-state index contributed by atoms with van der Waals surface area (Å²) in [5, 5.41) is 7.45. The minimum atomic E-state index is 0.367. The molecule has 2 aliphatic rings. The zero-order chi connectivity index (χ0) is 18.5. The van der Waals surface area contributed by atoms with Crippen molar-refractivity contribution in [2.45, 2.75) is 57.8 Å². The number of rotatable bonds is 6. The number of nitrogens with zero attached hydrogens (tertiary/aromatic N) is 3. The van der Waals surface area contributed by atoms with Crippen molar-refractivity contribution in [3.8, 4) is 11.4 Å². The van der Waals surface area contributed by atoms with Crippen LogP contribution in [-0.2, 0) is 11.2 Å². The predicted molar refractivity (Wildman–Crippen MR) is 106 cm³/mol. The van der Waals surface area contributed by atoms with Gasteiger partial charge in [0.25, 0.3) is 0 Å². The number of nitrogens with one attached hydrogen (secondary N) is 1. The van der Waals surface area contributed by atoms with Crippen molar-refractivity contribution in [3.63, 3.8) is 0 Å². The lowest BCUT2D eigenvalue weighted by Crippen LogP contribution is -2.39. The van der Waals surface area contributed by atoms with Crippen molar-refractivity contribution in [1.82, 2.24) is 20.1 Å². The number of carbonyl (C=O) groups is 1. The van der Waals surface area contributed by atoms with Gasteiger partial charge in [-0.15, -0.1) is 0 Å². The van der Waals surface area contributed by atoms with Gasteiger partial charge in [0.05, 0.1) is 0 Å². The first-order valence-electron chi connectivity index (χ1n) is 10.5. The molecule has 1 saturated carbocycles. The lowest BCUT2D eigenvalue weighted by atomic mass is 9.92. The van der Waals surface area contributed by atoms with Gasteiger partial charge in [-0.05, 0) is 31.1 Å². The summed E-state index contributed by atoms with van der Waals surface area (Å²) < 4.78 is 0. The van der Waals surface area contributed by atoms with E-state index < -0.39 is 0 Å². The van der Waals surface area contributed by atoms with Crippen LogP contribution in [0.5, 0.6) is 0 Å². The van der Waals surface area contributed by atoms with E-state index in [0.717, 1.165) is 68.3 Å². The average molecular weight is 367 g/mol. The van der Waals surface area contributed by atoms with Crippen LogP contribution >= 0.6 is 0 Å². The molecule has 0 radical (unpaired) electrons. The molecule has 2 aromatic rings. The van der Waals surface area contributed by atoms with Crippen molar-refractivity contribution in [2.75, 3.05) is 13.1 Å². The van der Waals surface area contributed by atoms with E-state index in [-0.39, 0.29) is 0 Å². The maximum Gasteiger partial charge on any atom is 0.222 e. The van der Waals surface area contributed by atoms with E-state index in [1.165, 1.54) is 25.7 Å². The van der Waals surface area contributed by atoms with E-state index in [1.807, 2.05) is 30.3 Å². The van der Waals surface area contributed by atoms with Crippen LogP contribution in [0.1, 0.15) is 57.2 Å². The monoisotopic (exact) mass is 366 g/mol. The number of hydrogen-bond donors (Lipinski definition) is 1. The molecule has 5 heteroatoms. The highest BCUT2D eigenvalue weighted by Gasteiger charge is 2.25. The van der Waals surface area contributed by atoms with E-state index in [1.54, 1.807) is 0 Å². The summed E-state index contributed by atoms with van der Waals surface area (Å²) in [5.41, 5.74) is 1.04. The summed E-state index contributed by atoms with van der Waals surface area (Å²) in [4.78, 5) is 19.2. The quantitative estimate of drug-likeness (QED) is 0.832. The van der Waals surface area contributed by atoms with E-state index in [9.17, 15) is 4.79 Å². The van der Waals surface area contributed by atoms with Crippen LogP contribution < -0.4 is 0 Å². The van der Waals surface area contributed by atoms with Gasteiger partial charge >= 0.3 is 0 Å². The van der Waals surface area contributed by atoms with Crippen LogP contribution in [0.3, 0.4) is 0 Å². The molecule has 2 fully saturated rings. The first-order valence-corrected chi connectivity index (χ1v) is 10.5. The number of likely N-dealkylation sites (tertiary alicyclic amines) is 1. The highest BCUT2D eigenvalue weighted by atomic mass is 16.2. The maximum absolute atomic E-state index is 12.5. The van der Waals surface area contributed by atoms with Gasteiger partial charge < -0.3 is 4.90 Å². The number of H-pyrrole nitrogens is 1. The third-order valence-corrected chi connectivity index (χ3v) is 6.25. The first kappa shape index (κ1) is 18.2. The summed E-state index contributed by atoms with van der Waals surface area (Å²) in [6, 6.07) is 10.1. The second-order valence-corrected chi connectivity index (χ2v) is 8.19. The predicted octanol–water partition coefficient (Wildman–Crippen LogP) is 4.22. The summed E-state index contributed by atoms with van der Waals surface area (Å²) in [6.07, 6.45) is 10.3. The molecule has 2 heterocycles. The van der Waals surface area contributed by atoms with Crippen LogP contribution in [0.2, 0.25) is 0 Å². The van der Waals surface area contributed by atoms with Crippen molar-refractivity contribution in [1.29, 1.82) is 0 Å². The standard InChI is InChI=1S/C22H30N4O/c27-21(11-10-17-6-4-5-7-17)26-14-12-18(13-15-26)16-20-23-22(25-24-20)19-8-2-1-3-9-19/h1-3,8-9,17-18H,4-7,10-16H2,(H,23,24,25). The van der Waals surface area contributed by atoms with Gasteiger partial charge in [-0.1, -0.05) is 56.0 Å². The number of aromatic nitrogens is 3. The Morgan fingerprint density at radius 2 is 1.78 bits per heavy atom. The van der Waals surface area contributed by atoms with Gasteiger partial charge in [-0.2, -0.15) is 5.10 Å². The molecule has 4 rings (SSSR count). The van der Waals surface area contributed by atoms with Gasteiger partial charge in [0.15, 0.2) is 5.82 Å². The molecule has 27 heavy (non-hydrogen) atoms. The van der Waals surface area contributed by atoms with Crippen LogP contribution in [-0.4, -0.2) is 39.1 Å². The van der Waals surface area contributed by atoms with Crippen LogP contribution in [0.15, 0.2) is 30.3 Å². The number of aromatic amines is 1. The summed E-state index contributed by atoms with van der Waals surface area (Å²) in [7, 11) is 0. The molecule has 0 atom stereocenters. The fraction of sp³-hybridized carbons (Fsp3) is 0.591. The van der Waals surface area contributed by atoms with Gasteiger partial charge in [0.1, 0.15) is 5.82 Å². The first-order chi connectivity index (χ1) is 13.3. The SMILES string of the molecule is O=C(CCC1CCCC1)N1CCC(Cc2nc(-c3ccccc3)n[nH]2)CC1. The molecule has 144 valence electrons. The topological polar surface area (TPSA) is 61.9 Å². The Labute approximate surface area is 161 Å². The molecule has 1 amide bonds. The summed E-state index contributed by atoms with van der Waals surface area (Å²) in [6.45, 7) is 1.79. The number of amides is 1. The highest BCUT2D eigenvalue weighted by molar-refractivity contribution is 5.76. The van der Waals surface area contributed by atoms with Crippen LogP contribution in [0.25, 0.3) is 11.4 Å². The molecule has 1 aromatic heterocycles. The fourth-order valence-electron chi connectivity index (χ4n) is 4.55. The molecule has 0 spiro atoms. The van der Waals surface area contributed by atoms with E-state index >= 15 is 0 Å². The van der Waals surface area contributed by atoms with Crippen molar-refractivity contribution in [2.24, 2.45) is 11.8 Å². The molecule has 1 N–H and O–H groups in total. The Morgan fingerprint density at radius 1 is 1.04 bits per heavy atom. The molecule has 0 unspecified atom stereocenters. The number of piperidine rings is 1. The van der Waals surface area contributed by atoms with Crippen LogP contribution in [0, 0.1) is 11.8 Å². The Morgan fingerprint density at radius 3 is 2.52 bits per heavy atom. The molecular weight excluding hydrogens is 336 g/mol. The average Bonchev–Trinajstić information content (AvgIpc) is 3.39. The minimum absolute atomic E-state index is 0.367. The Kier molecular flexibility index (Phi) is 5.85. The Bertz CT molecular complexity index is 728. The lowest BCUT2D eigenvalue weighted by Gasteiger charge is -2.32. The smallest absolute Gasteiger partial charge is 0.222 e. The second kappa shape index (κ2) is 8.68. The van der Waals surface area contributed by atoms with Crippen molar-refractivity contribution >= 4 is 5.91 Å². The Balaban J connectivity index is 1.22. The molecule has 5 nitrogen and oxygen atoms in total. The van der Waals surface area contributed by atoms with E-state index in [0.29, 0.717) is 11.8 Å².